The molecule has 1 aromatic heterocycles. The van der Waals surface area contributed by atoms with Crippen molar-refractivity contribution in [3.63, 3.8) is 0 Å². The molecule has 0 bridgehead atoms. The minimum absolute atomic E-state index is 0.121. The van der Waals surface area contributed by atoms with E-state index in [1.807, 2.05) is 20.8 Å². The van der Waals surface area contributed by atoms with Crippen LogP contribution in [0.2, 0.25) is 0 Å². The number of hydrogen-bond acceptors (Lipinski definition) is 6. The SMILES string of the molecule is CCN1c2cc(C)c(N=Nc3c(C#N)c(C(C)(C)C)nn3CCN)cc2C(C)CC1(C)C. The van der Waals surface area contributed by atoms with Crippen molar-refractivity contribution in [2.75, 3.05) is 18.0 Å². The van der Waals surface area contributed by atoms with Crippen LogP contribution in [0, 0.1) is 18.3 Å². The summed E-state index contributed by atoms with van der Waals surface area (Å²) in [5, 5.41) is 23.6. The molecule has 7 nitrogen and oxygen atoms in total. The molecule has 1 aliphatic rings. The van der Waals surface area contributed by atoms with Gasteiger partial charge in [0, 0.05) is 29.7 Å². The third-order valence-corrected chi connectivity index (χ3v) is 6.36. The summed E-state index contributed by atoms with van der Waals surface area (Å²) in [6.45, 7) is 19.2. The zero-order valence-corrected chi connectivity index (χ0v) is 20.8. The molecule has 2 aromatic rings. The molecule has 0 aliphatic carbocycles. The van der Waals surface area contributed by atoms with Crippen molar-refractivity contribution in [1.82, 2.24) is 9.78 Å². The van der Waals surface area contributed by atoms with Gasteiger partial charge in [-0.15, -0.1) is 10.2 Å². The predicted octanol–water partition coefficient (Wildman–Crippen LogP) is 5.85. The van der Waals surface area contributed by atoms with Gasteiger partial charge in [-0.3, -0.25) is 0 Å². The highest BCUT2D eigenvalue weighted by Crippen LogP contribution is 2.45. The number of fused-ring (bicyclic) bond motifs is 1. The summed E-state index contributed by atoms with van der Waals surface area (Å²) in [6.07, 6.45) is 1.09. The molecule has 0 amide bonds. The number of anilines is 1. The number of aromatic nitrogens is 2. The third-order valence-electron chi connectivity index (χ3n) is 6.36. The first-order valence-electron chi connectivity index (χ1n) is 11.5. The van der Waals surface area contributed by atoms with Crippen molar-refractivity contribution in [2.24, 2.45) is 16.0 Å². The minimum Gasteiger partial charge on any atom is -0.366 e. The maximum Gasteiger partial charge on any atom is 0.191 e. The molecular formula is C25H37N7. The molecule has 0 saturated carbocycles. The highest BCUT2D eigenvalue weighted by atomic mass is 15.4. The van der Waals surface area contributed by atoms with Gasteiger partial charge in [-0.05, 0) is 63.3 Å². The molecule has 1 atom stereocenters. The zero-order valence-electron chi connectivity index (χ0n) is 20.8. The Kier molecular flexibility index (Phi) is 6.48. The van der Waals surface area contributed by atoms with Gasteiger partial charge in [-0.25, -0.2) is 4.68 Å². The number of nitrogens with two attached hydrogens (primary N) is 1. The summed E-state index contributed by atoms with van der Waals surface area (Å²) in [7, 11) is 0. The van der Waals surface area contributed by atoms with Crippen LogP contribution in [0.1, 0.15) is 83.2 Å². The molecule has 0 saturated heterocycles. The summed E-state index contributed by atoms with van der Waals surface area (Å²) in [5.74, 6) is 0.909. The first-order chi connectivity index (χ1) is 14.9. The van der Waals surface area contributed by atoms with Crippen LogP contribution in [0.25, 0.3) is 0 Å². The average molecular weight is 436 g/mol. The lowest BCUT2D eigenvalue weighted by molar-refractivity contribution is 0.381. The van der Waals surface area contributed by atoms with Crippen molar-refractivity contribution in [1.29, 1.82) is 5.26 Å². The number of aryl methyl sites for hydroxylation is 1. The van der Waals surface area contributed by atoms with Gasteiger partial charge in [-0.2, -0.15) is 10.4 Å². The molecule has 172 valence electrons. The molecule has 0 radical (unpaired) electrons. The number of azo groups is 1. The van der Waals surface area contributed by atoms with E-state index in [0.29, 0.717) is 30.4 Å². The number of hydrogen-bond donors (Lipinski definition) is 1. The largest absolute Gasteiger partial charge is 0.366 e. The molecule has 0 spiro atoms. The molecule has 1 unspecified atom stereocenters. The van der Waals surface area contributed by atoms with Crippen molar-refractivity contribution >= 4 is 17.2 Å². The van der Waals surface area contributed by atoms with Crippen molar-refractivity contribution < 1.29 is 0 Å². The van der Waals surface area contributed by atoms with Gasteiger partial charge in [-0.1, -0.05) is 27.7 Å². The Morgan fingerprint density at radius 3 is 2.53 bits per heavy atom. The number of nitriles is 1. The molecular weight excluding hydrogens is 398 g/mol. The first-order valence-corrected chi connectivity index (χ1v) is 11.5. The second-order valence-electron chi connectivity index (χ2n) is 10.5. The van der Waals surface area contributed by atoms with Gasteiger partial charge in [0.05, 0.1) is 17.9 Å². The fourth-order valence-electron chi connectivity index (χ4n) is 4.89. The fourth-order valence-corrected chi connectivity index (χ4v) is 4.89. The normalized spacial score (nSPS) is 18.1. The molecule has 1 aromatic carbocycles. The van der Waals surface area contributed by atoms with E-state index in [-0.39, 0.29) is 11.0 Å². The summed E-state index contributed by atoms with van der Waals surface area (Å²) in [5.41, 5.74) is 11.3. The first kappa shape index (κ1) is 23.9. The zero-order chi connectivity index (χ0) is 23.8. The van der Waals surface area contributed by atoms with Gasteiger partial charge in [0.25, 0.3) is 0 Å². The van der Waals surface area contributed by atoms with Crippen LogP contribution >= 0.6 is 0 Å². The maximum atomic E-state index is 9.85. The van der Waals surface area contributed by atoms with Crippen LogP contribution in [0.15, 0.2) is 22.4 Å². The van der Waals surface area contributed by atoms with E-state index >= 15 is 0 Å². The smallest absolute Gasteiger partial charge is 0.191 e. The van der Waals surface area contributed by atoms with Crippen LogP contribution in [-0.2, 0) is 12.0 Å². The Hall–Kier alpha value is -2.72. The average Bonchev–Trinajstić information content (AvgIpc) is 3.04. The fraction of sp³-hybridized carbons (Fsp3) is 0.600. The third kappa shape index (κ3) is 4.29. The van der Waals surface area contributed by atoms with Gasteiger partial charge in [0.15, 0.2) is 5.82 Å². The van der Waals surface area contributed by atoms with Crippen LogP contribution in [0.5, 0.6) is 0 Å². The molecule has 0 fully saturated rings. The van der Waals surface area contributed by atoms with Gasteiger partial charge in [0.1, 0.15) is 11.6 Å². The highest BCUT2D eigenvalue weighted by molar-refractivity contribution is 5.67. The molecule has 2 heterocycles. The van der Waals surface area contributed by atoms with E-state index in [1.165, 1.54) is 11.3 Å². The molecule has 7 heteroatoms. The molecule has 32 heavy (non-hydrogen) atoms. The lowest BCUT2D eigenvalue weighted by Crippen LogP contribution is -2.48. The second kappa shape index (κ2) is 8.67. The van der Waals surface area contributed by atoms with E-state index in [9.17, 15) is 5.26 Å². The minimum atomic E-state index is -0.275. The summed E-state index contributed by atoms with van der Waals surface area (Å²) >= 11 is 0. The second-order valence-corrected chi connectivity index (χ2v) is 10.5. The summed E-state index contributed by atoms with van der Waals surface area (Å²) < 4.78 is 1.71. The quantitative estimate of drug-likeness (QED) is 0.596. The van der Waals surface area contributed by atoms with Gasteiger partial charge < -0.3 is 10.6 Å². The molecule has 1 aliphatic heterocycles. The topological polar surface area (TPSA) is 95.6 Å². The van der Waals surface area contributed by atoms with Gasteiger partial charge in [0.2, 0.25) is 0 Å². The van der Waals surface area contributed by atoms with E-state index in [4.69, 9.17) is 5.73 Å². The summed E-state index contributed by atoms with van der Waals surface area (Å²) in [6, 6.07) is 6.69. The van der Waals surface area contributed by atoms with E-state index in [0.717, 1.165) is 29.9 Å². The molecule has 3 rings (SSSR count). The highest BCUT2D eigenvalue weighted by Gasteiger charge is 2.36. The number of rotatable bonds is 5. The number of nitrogens with zero attached hydrogens (tertiary/aromatic N) is 6. The lowest BCUT2D eigenvalue weighted by atomic mass is 9.79. The summed E-state index contributed by atoms with van der Waals surface area (Å²) in [4.78, 5) is 2.48. The van der Waals surface area contributed by atoms with Crippen LogP contribution < -0.4 is 10.6 Å². The maximum absolute atomic E-state index is 9.85. The Bertz CT molecular complexity index is 1060. The van der Waals surface area contributed by atoms with Crippen molar-refractivity contribution in [3.05, 3.63) is 34.5 Å². The van der Waals surface area contributed by atoms with Crippen LogP contribution in [0.4, 0.5) is 17.2 Å². The van der Waals surface area contributed by atoms with E-state index in [1.54, 1.807) is 4.68 Å². The number of benzene rings is 1. The van der Waals surface area contributed by atoms with Crippen LogP contribution in [0.3, 0.4) is 0 Å². The van der Waals surface area contributed by atoms with E-state index < -0.39 is 0 Å². The van der Waals surface area contributed by atoms with Crippen molar-refractivity contribution in [2.45, 2.75) is 85.2 Å². The predicted molar refractivity (Wildman–Crippen MR) is 130 cm³/mol. The Morgan fingerprint density at radius 1 is 1.28 bits per heavy atom. The Balaban J connectivity index is 2.09. The van der Waals surface area contributed by atoms with Crippen LogP contribution in [-0.4, -0.2) is 28.4 Å². The van der Waals surface area contributed by atoms with Crippen molar-refractivity contribution in [3.8, 4) is 6.07 Å². The van der Waals surface area contributed by atoms with E-state index in [2.05, 4.69) is 73.0 Å². The standard InChI is InChI=1S/C25H37N7/c1-9-31-21-12-16(2)20(13-18(21)17(3)14-25(31,7)8)28-29-23-19(15-27)22(24(4,5)6)30-32(23)11-10-26/h12-13,17H,9-11,14,26H2,1-8H3. The van der Waals surface area contributed by atoms with Gasteiger partial charge >= 0.3 is 0 Å². The lowest BCUT2D eigenvalue weighted by Gasteiger charge is -2.47. The Labute approximate surface area is 192 Å². The Morgan fingerprint density at radius 2 is 1.97 bits per heavy atom. The monoisotopic (exact) mass is 435 g/mol. The molecule has 2 N–H and O–H groups in total.